The highest BCUT2D eigenvalue weighted by Gasteiger charge is 2.53. The number of nitrogens with zero attached hydrogens (tertiary/aromatic N) is 1. The molecule has 33 heavy (non-hydrogen) atoms. The predicted molar refractivity (Wildman–Crippen MR) is 114 cm³/mol. The number of carbonyl (C=O) groups excluding carboxylic acids is 2. The number of benzene rings is 2. The Morgan fingerprint density at radius 2 is 1.55 bits per heavy atom. The van der Waals surface area contributed by atoms with Crippen LogP contribution in [0, 0.1) is 11.3 Å². The molecule has 0 aromatic heterocycles. The fraction of sp³-hybridized carbons (Fsp3) is 0.400. The molecule has 5 nitrogen and oxygen atoms in total. The maximum Gasteiger partial charge on any atom is 0.417 e. The molecule has 1 aliphatic rings. The number of alkyl halides is 3. The number of nitriles is 1. The van der Waals surface area contributed by atoms with Gasteiger partial charge in [0, 0.05) is 0 Å². The van der Waals surface area contributed by atoms with Crippen LogP contribution in [0.5, 0.6) is 11.5 Å². The lowest BCUT2D eigenvalue weighted by Gasteiger charge is -2.43. The summed E-state index contributed by atoms with van der Waals surface area (Å²) >= 11 is 0. The maximum atomic E-state index is 13.2. The van der Waals surface area contributed by atoms with E-state index in [1.54, 1.807) is 45.9 Å². The van der Waals surface area contributed by atoms with Crippen molar-refractivity contribution in [1.82, 2.24) is 0 Å². The number of carbonyl (C=O) groups is 2. The van der Waals surface area contributed by atoms with Crippen LogP contribution in [0.4, 0.5) is 13.2 Å². The second kappa shape index (κ2) is 8.31. The quantitative estimate of drug-likeness (QED) is 0.545. The lowest BCUT2D eigenvalue weighted by atomic mass is 9.73. The molecule has 0 amide bonds. The summed E-state index contributed by atoms with van der Waals surface area (Å²) in [7, 11) is 0. The SMILES string of the molecule is CCc1ccc(Oc2ccc(C(F)(F)F)c(C#N)c2)cc1C1C(=O)C(C)(C)OC(C)(C)C1=O. The van der Waals surface area contributed by atoms with Gasteiger partial charge in [-0.25, -0.2) is 0 Å². The second-order valence-corrected chi connectivity index (χ2v) is 8.92. The summed E-state index contributed by atoms with van der Waals surface area (Å²) in [6, 6.07) is 9.33. The molecule has 0 aliphatic carbocycles. The number of aryl methyl sites for hydroxylation is 1. The molecule has 0 atom stereocenters. The number of rotatable bonds is 4. The molecule has 0 unspecified atom stereocenters. The zero-order chi connectivity index (χ0) is 24.8. The number of Topliss-reactive ketones (excluding diaryl/α,β-unsaturated/α-hetero) is 2. The van der Waals surface area contributed by atoms with E-state index in [-0.39, 0.29) is 23.1 Å². The molecule has 1 heterocycles. The Labute approximate surface area is 190 Å². The maximum absolute atomic E-state index is 13.2. The lowest BCUT2D eigenvalue weighted by Crippen LogP contribution is -2.58. The molecular weight excluding hydrogens is 435 g/mol. The summed E-state index contributed by atoms with van der Waals surface area (Å²) < 4.78 is 50.7. The first-order valence-corrected chi connectivity index (χ1v) is 10.4. The van der Waals surface area contributed by atoms with Gasteiger partial charge in [0.05, 0.1) is 17.2 Å². The first-order chi connectivity index (χ1) is 15.2. The van der Waals surface area contributed by atoms with Crippen LogP contribution in [0.2, 0.25) is 0 Å². The Morgan fingerprint density at radius 3 is 2.06 bits per heavy atom. The van der Waals surface area contributed by atoms with E-state index in [2.05, 4.69) is 0 Å². The molecule has 0 spiro atoms. The number of ether oxygens (including phenoxy) is 2. The molecule has 174 valence electrons. The van der Waals surface area contributed by atoms with Gasteiger partial charge in [-0.15, -0.1) is 0 Å². The number of ketones is 2. The Balaban J connectivity index is 2.04. The molecule has 8 heteroatoms. The summed E-state index contributed by atoms with van der Waals surface area (Å²) in [4.78, 5) is 26.3. The van der Waals surface area contributed by atoms with Crippen molar-refractivity contribution in [2.45, 2.75) is 64.3 Å². The number of hydrogen-bond donors (Lipinski definition) is 0. The van der Waals surface area contributed by atoms with Crippen LogP contribution in [-0.4, -0.2) is 22.8 Å². The molecule has 3 rings (SSSR count). The van der Waals surface area contributed by atoms with Gasteiger partial charge in [-0.1, -0.05) is 13.0 Å². The number of hydrogen-bond acceptors (Lipinski definition) is 5. The standard InChI is InChI=1S/C25H24F3NO4/c1-6-14-7-8-17(32-16-9-10-19(25(26,27)28)15(11-16)13-29)12-18(14)20-21(30)23(2,3)33-24(4,5)22(20)31/h7-12,20H,6H2,1-5H3. The first-order valence-electron chi connectivity index (χ1n) is 10.4. The Hall–Kier alpha value is -3.18. The predicted octanol–water partition coefficient (Wildman–Crippen LogP) is 5.74. The van der Waals surface area contributed by atoms with Gasteiger partial charge in [-0.2, -0.15) is 18.4 Å². The molecule has 1 fully saturated rings. The molecular formula is C25H24F3NO4. The van der Waals surface area contributed by atoms with Crippen molar-refractivity contribution < 1.29 is 32.2 Å². The van der Waals surface area contributed by atoms with E-state index in [4.69, 9.17) is 14.7 Å². The van der Waals surface area contributed by atoms with Gasteiger partial charge in [0.25, 0.3) is 0 Å². The van der Waals surface area contributed by atoms with Crippen LogP contribution in [0.15, 0.2) is 36.4 Å². The van der Waals surface area contributed by atoms with E-state index in [0.29, 0.717) is 12.0 Å². The van der Waals surface area contributed by atoms with Crippen molar-refractivity contribution in [2.75, 3.05) is 0 Å². The van der Waals surface area contributed by atoms with E-state index in [0.717, 1.165) is 23.8 Å². The highest BCUT2D eigenvalue weighted by molar-refractivity contribution is 6.15. The minimum atomic E-state index is -4.66. The number of halogens is 3. The van der Waals surface area contributed by atoms with Crippen molar-refractivity contribution in [3.63, 3.8) is 0 Å². The third kappa shape index (κ3) is 4.64. The second-order valence-electron chi connectivity index (χ2n) is 8.92. The van der Waals surface area contributed by atoms with E-state index in [1.807, 2.05) is 6.92 Å². The summed E-state index contributed by atoms with van der Waals surface area (Å²) in [6.07, 6.45) is -4.11. The smallest absolute Gasteiger partial charge is 0.417 e. The van der Waals surface area contributed by atoms with Gasteiger partial charge in [0.15, 0.2) is 11.6 Å². The molecule has 0 radical (unpaired) electrons. The fourth-order valence-electron chi connectivity index (χ4n) is 4.13. The zero-order valence-electron chi connectivity index (χ0n) is 19.0. The highest BCUT2D eigenvalue weighted by atomic mass is 19.4. The molecule has 0 bridgehead atoms. The third-order valence-electron chi connectivity index (χ3n) is 5.68. The van der Waals surface area contributed by atoms with Crippen LogP contribution in [-0.2, 0) is 26.9 Å². The van der Waals surface area contributed by atoms with Crippen molar-refractivity contribution in [2.24, 2.45) is 0 Å². The van der Waals surface area contributed by atoms with Gasteiger partial charge in [0.1, 0.15) is 28.6 Å². The molecule has 1 saturated heterocycles. The summed E-state index contributed by atoms with van der Waals surface area (Å²) in [6.45, 7) is 8.36. The van der Waals surface area contributed by atoms with Crippen molar-refractivity contribution in [3.8, 4) is 17.6 Å². The van der Waals surface area contributed by atoms with Crippen molar-refractivity contribution in [3.05, 3.63) is 58.7 Å². The Kier molecular flexibility index (Phi) is 6.16. The van der Waals surface area contributed by atoms with Gasteiger partial charge < -0.3 is 9.47 Å². The largest absolute Gasteiger partial charge is 0.457 e. The van der Waals surface area contributed by atoms with Gasteiger partial charge in [0.2, 0.25) is 0 Å². The molecule has 0 saturated carbocycles. The van der Waals surface area contributed by atoms with E-state index in [9.17, 15) is 22.8 Å². The van der Waals surface area contributed by atoms with E-state index < -0.39 is 34.4 Å². The van der Waals surface area contributed by atoms with Crippen LogP contribution in [0.25, 0.3) is 0 Å². The summed E-state index contributed by atoms with van der Waals surface area (Å²) in [5.41, 5.74) is -2.74. The van der Waals surface area contributed by atoms with Crippen LogP contribution in [0.3, 0.4) is 0 Å². The fourth-order valence-corrected chi connectivity index (χ4v) is 4.13. The minimum Gasteiger partial charge on any atom is -0.457 e. The third-order valence-corrected chi connectivity index (χ3v) is 5.68. The monoisotopic (exact) mass is 459 g/mol. The first kappa shape index (κ1) is 24.5. The van der Waals surface area contributed by atoms with E-state index >= 15 is 0 Å². The minimum absolute atomic E-state index is 0.0278. The van der Waals surface area contributed by atoms with Crippen molar-refractivity contribution in [1.29, 1.82) is 5.26 Å². The normalized spacial score (nSPS) is 18.2. The van der Waals surface area contributed by atoms with Gasteiger partial charge in [-0.3, -0.25) is 9.59 Å². The van der Waals surface area contributed by atoms with Crippen molar-refractivity contribution >= 4 is 11.6 Å². The molecule has 2 aromatic rings. The van der Waals surface area contributed by atoms with E-state index in [1.165, 1.54) is 6.07 Å². The topological polar surface area (TPSA) is 76.4 Å². The molecule has 0 N–H and O–H groups in total. The Bertz CT molecular complexity index is 1130. The zero-order valence-corrected chi connectivity index (χ0v) is 19.0. The lowest BCUT2D eigenvalue weighted by molar-refractivity contribution is -0.184. The van der Waals surface area contributed by atoms with Crippen LogP contribution in [0.1, 0.15) is 62.8 Å². The van der Waals surface area contributed by atoms with Gasteiger partial charge >= 0.3 is 6.18 Å². The average molecular weight is 459 g/mol. The molecule has 1 aliphatic heterocycles. The Morgan fingerprint density at radius 1 is 1.00 bits per heavy atom. The summed E-state index contributed by atoms with van der Waals surface area (Å²) in [5.74, 6) is -1.56. The molecule has 2 aromatic carbocycles. The summed E-state index contributed by atoms with van der Waals surface area (Å²) in [5, 5.41) is 9.12. The van der Waals surface area contributed by atoms with Crippen LogP contribution < -0.4 is 4.74 Å². The van der Waals surface area contributed by atoms with Gasteiger partial charge in [-0.05, 0) is 75.6 Å². The average Bonchev–Trinajstić information content (AvgIpc) is 2.71. The van der Waals surface area contributed by atoms with Crippen LogP contribution >= 0.6 is 0 Å². The highest BCUT2D eigenvalue weighted by Crippen LogP contribution is 2.41.